The summed E-state index contributed by atoms with van der Waals surface area (Å²) in [6.07, 6.45) is 6.33. The van der Waals surface area contributed by atoms with Crippen LogP contribution < -0.4 is 16.2 Å². The van der Waals surface area contributed by atoms with Gasteiger partial charge in [-0.2, -0.15) is 5.10 Å². The molecule has 0 saturated heterocycles. The van der Waals surface area contributed by atoms with Gasteiger partial charge in [0.05, 0.1) is 17.6 Å². The molecule has 1 heterocycles. The van der Waals surface area contributed by atoms with Crippen molar-refractivity contribution in [3.63, 3.8) is 0 Å². The molecule has 6 nitrogen and oxygen atoms in total. The van der Waals surface area contributed by atoms with E-state index in [-0.39, 0.29) is 17.3 Å². The van der Waals surface area contributed by atoms with Crippen LogP contribution in [0.15, 0.2) is 54.1 Å². The number of benzene rings is 1. The third-order valence-corrected chi connectivity index (χ3v) is 2.71. The number of nitrogen functional groups attached to an aromatic ring is 1. The summed E-state index contributed by atoms with van der Waals surface area (Å²) in [6.45, 7) is 3.81. The smallest absolute Gasteiger partial charge is 0.192 e. The second-order valence-electron chi connectivity index (χ2n) is 4.48. The second kappa shape index (κ2) is 6.57. The third-order valence-electron chi connectivity index (χ3n) is 2.71. The number of aliphatic imine (C=N–C) groups is 1. The Labute approximate surface area is 127 Å². The quantitative estimate of drug-likeness (QED) is 0.502. The molecule has 0 saturated carbocycles. The van der Waals surface area contributed by atoms with Crippen LogP contribution in [-0.2, 0) is 7.05 Å². The van der Waals surface area contributed by atoms with E-state index in [4.69, 9.17) is 16.2 Å². The van der Waals surface area contributed by atoms with Crippen molar-refractivity contribution in [2.24, 2.45) is 17.8 Å². The predicted octanol–water partition coefficient (Wildman–Crippen LogP) is 2.06. The lowest BCUT2D eigenvalue weighted by molar-refractivity contribution is 0.418. The molecule has 1 aromatic heterocycles. The number of hydrogen-bond acceptors (Lipinski definition) is 5. The minimum Gasteiger partial charge on any atom is -0.441 e. The van der Waals surface area contributed by atoms with E-state index in [0.717, 1.165) is 11.6 Å². The van der Waals surface area contributed by atoms with Gasteiger partial charge in [-0.15, -0.1) is 0 Å². The number of nitrogens with two attached hydrogens (primary N) is 2. The molecule has 2 rings (SSSR count). The molecule has 0 aliphatic rings. The summed E-state index contributed by atoms with van der Waals surface area (Å²) in [5, 5.41) is 4.02. The molecular formula is C15H16FN5O. The van der Waals surface area contributed by atoms with Crippen molar-refractivity contribution in [3.8, 4) is 5.75 Å². The van der Waals surface area contributed by atoms with Crippen molar-refractivity contribution in [2.45, 2.75) is 0 Å². The van der Waals surface area contributed by atoms with Crippen LogP contribution in [0.5, 0.6) is 5.75 Å². The lowest BCUT2D eigenvalue weighted by atomic mass is 10.3. The van der Waals surface area contributed by atoms with Crippen molar-refractivity contribution >= 4 is 17.6 Å². The van der Waals surface area contributed by atoms with Crippen LogP contribution in [-0.4, -0.2) is 16.0 Å². The van der Waals surface area contributed by atoms with Gasteiger partial charge < -0.3 is 16.2 Å². The van der Waals surface area contributed by atoms with E-state index in [2.05, 4.69) is 16.7 Å². The van der Waals surface area contributed by atoms with Gasteiger partial charge in [0.25, 0.3) is 0 Å². The Morgan fingerprint density at radius 3 is 2.91 bits per heavy atom. The Hall–Kier alpha value is -3.09. The van der Waals surface area contributed by atoms with Crippen LogP contribution in [0, 0.1) is 5.82 Å². The van der Waals surface area contributed by atoms with Gasteiger partial charge in [-0.1, -0.05) is 6.58 Å². The molecule has 0 unspecified atom stereocenters. The van der Waals surface area contributed by atoms with Crippen LogP contribution in [0.1, 0.15) is 5.56 Å². The second-order valence-corrected chi connectivity index (χ2v) is 4.48. The number of anilines is 1. The molecule has 7 heteroatoms. The molecule has 0 aliphatic carbocycles. The summed E-state index contributed by atoms with van der Waals surface area (Å²) in [6, 6.07) is 4.07. The average Bonchev–Trinajstić information content (AvgIpc) is 2.89. The van der Waals surface area contributed by atoms with E-state index < -0.39 is 5.82 Å². The molecule has 22 heavy (non-hydrogen) atoms. The standard InChI is InChI=1S/C15H16FN5O/c1-10(11-8-20-21(2)9-11)19-6-5-15(18)22-12-3-4-14(17)13(16)7-12/h3-9H,1,17-18H2,2H3/b15-5+,19-6?. The minimum absolute atomic E-state index is 0.0456. The normalized spacial score (nSPS) is 11.8. The van der Waals surface area contributed by atoms with Crippen molar-refractivity contribution in [3.05, 3.63) is 60.5 Å². The number of allylic oxidation sites excluding steroid dienone is 1. The maximum Gasteiger partial charge on any atom is 0.192 e. The van der Waals surface area contributed by atoms with Crippen LogP contribution in [0.4, 0.5) is 10.1 Å². The fraction of sp³-hybridized carbons (Fsp3) is 0.0667. The minimum atomic E-state index is -0.566. The molecule has 0 atom stereocenters. The lowest BCUT2D eigenvalue weighted by Gasteiger charge is -2.05. The first-order valence-electron chi connectivity index (χ1n) is 6.36. The van der Waals surface area contributed by atoms with E-state index in [1.165, 1.54) is 24.4 Å². The molecule has 114 valence electrons. The first-order valence-corrected chi connectivity index (χ1v) is 6.36. The van der Waals surface area contributed by atoms with Gasteiger partial charge >= 0.3 is 0 Å². The highest BCUT2D eigenvalue weighted by Gasteiger charge is 2.02. The molecule has 2 aromatic rings. The maximum atomic E-state index is 13.3. The summed E-state index contributed by atoms with van der Waals surface area (Å²) in [5.41, 5.74) is 12.4. The van der Waals surface area contributed by atoms with E-state index in [0.29, 0.717) is 5.70 Å². The highest BCUT2D eigenvalue weighted by Crippen LogP contribution is 2.19. The van der Waals surface area contributed by atoms with E-state index >= 15 is 0 Å². The number of ether oxygens (including phenoxy) is 1. The molecule has 0 bridgehead atoms. The van der Waals surface area contributed by atoms with Crippen molar-refractivity contribution in [2.75, 3.05) is 5.73 Å². The SMILES string of the molecule is C=C(N=C/C=C(\N)Oc1ccc(N)c(F)c1)c1cnn(C)c1. The molecule has 0 spiro atoms. The predicted molar refractivity (Wildman–Crippen MR) is 84.4 cm³/mol. The number of nitrogens with zero attached hydrogens (tertiary/aromatic N) is 3. The van der Waals surface area contributed by atoms with Gasteiger partial charge in [-0.3, -0.25) is 9.67 Å². The number of rotatable bonds is 5. The van der Waals surface area contributed by atoms with Crippen LogP contribution >= 0.6 is 0 Å². The number of hydrogen-bond donors (Lipinski definition) is 2. The van der Waals surface area contributed by atoms with Gasteiger partial charge in [-0.05, 0) is 12.1 Å². The van der Waals surface area contributed by atoms with Gasteiger partial charge in [0.2, 0.25) is 0 Å². The van der Waals surface area contributed by atoms with Gasteiger partial charge in [0.15, 0.2) is 5.88 Å². The average molecular weight is 301 g/mol. The molecule has 0 fully saturated rings. The Morgan fingerprint density at radius 2 is 2.27 bits per heavy atom. The zero-order chi connectivity index (χ0) is 16.1. The fourth-order valence-electron chi connectivity index (χ4n) is 1.59. The lowest BCUT2D eigenvalue weighted by Crippen LogP contribution is -2.06. The van der Waals surface area contributed by atoms with Gasteiger partial charge in [-0.25, -0.2) is 4.39 Å². The topological polar surface area (TPSA) is 91.4 Å². The monoisotopic (exact) mass is 301 g/mol. The van der Waals surface area contributed by atoms with Gasteiger partial charge in [0, 0.05) is 37.2 Å². The molecular weight excluding hydrogens is 285 g/mol. The Balaban J connectivity index is 1.98. The highest BCUT2D eigenvalue weighted by atomic mass is 19.1. The van der Waals surface area contributed by atoms with E-state index in [9.17, 15) is 4.39 Å². The summed E-state index contributed by atoms with van der Waals surface area (Å²) < 4.78 is 20.2. The summed E-state index contributed by atoms with van der Waals surface area (Å²) in [4.78, 5) is 4.12. The third kappa shape index (κ3) is 3.95. The first kappa shape index (κ1) is 15.3. The molecule has 1 aromatic carbocycles. The number of aryl methyl sites for hydroxylation is 1. The first-order chi connectivity index (χ1) is 10.5. The Kier molecular flexibility index (Phi) is 4.57. The van der Waals surface area contributed by atoms with Gasteiger partial charge in [0.1, 0.15) is 11.6 Å². The molecule has 0 amide bonds. The highest BCUT2D eigenvalue weighted by molar-refractivity contribution is 5.79. The summed E-state index contributed by atoms with van der Waals surface area (Å²) >= 11 is 0. The Bertz CT molecular complexity index is 748. The van der Waals surface area contributed by atoms with E-state index in [1.807, 2.05) is 0 Å². The van der Waals surface area contributed by atoms with Crippen LogP contribution in [0.25, 0.3) is 5.70 Å². The number of aromatic nitrogens is 2. The maximum absolute atomic E-state index is 13.3. The van der Waals surface area contributed by atoms with E-state index in [1.54, 1.807) is 24.1 Å². The van der Waals surface area contributed by atoms with Crippen molar-refractivity contribution in [1.29, 1.82) is 0 Å². The van der Waals surface area contributed by atoms with Crippen molar-refractivity contribution < 1.29 is 9.13 Å². The molecule has 4 N–H and O–H groups in total. The Morgan fingerprint density at radius 1 is 1.50 bits per heavy atom. The number of halogens is 1. The fourth-order valence-corrected chi connectivity index (χ4v) is 1.59. The van der Waals surface area contributed by atoms with Crippen LogP contribution in [0.3, 0.4) is 0 Å². The summed E-state index contributed by atoms with van der Waals surface area (Å²) in [5.74, 6) is -0.254. The summed E-state index contributed by atoms with van der Waals surface area (Å²) in [7, 11) is 1.80. The van der Waals surface area contributed by atoms with Crippen LogP contribution in [0.2, 0.25) is 0 Å². The molecule has 0 radical (unpaired) electrons. The zero-order valence-corrected chi connectivity index (χ0v) is 12.0. The van der Waals surface area contributed by atoms with Crippen molar-refractivity contribution in [1.82, 2.24) is 9.78 Å². The largest absolute Gasteiger partial charge is 0.441 e. The molecule has 0 aliphatic heterocycles. The zero-order valence-electron chi connectivity index (χ0n) is 12.0.